The third-order valence-corrected chi connectivity index (χ3v) is 5.07. The van der Waals surface area contributed by atoms with Crippen molar-refractivity contribution in [2.45, 2.75) is 32.7 Å². The molecule has 0 aromatic heterocycles. The Hall–Kier alpha value is -2.13. The van der Waals surface area contributed by atoms with Gasteiger partial charge in [0.1, 0.15) is 0 Å². The van der Waals surface area contributed by atoms with E-state index in [9.17, 15) is 4.79 Å². The van der Waals surface area contributed by atoms with E-state index >= 15 is 0 Å². The van der Waals surface area contributed by atoms with Gasteiger partial charge in [-0.05, 0) is 62.5 Å². The number of hydrogen-bond acceptors (Lipinski definition) is 2. The highest BCUT2D eigenvalue weighted by molar-refractivity contribution is 5.95. The molecule has 1 heterocycles. The Balaban J connectivity index is 1.73. The second-order valence-corrected chi connectivity index (χ2v) is 6.63. The van der Waals surface area contributed by atoms with Crippen molar-refractivity contribution in [3.63, 3.8) is 0 Å². The maximum atomic E-state index is 12.6. The maximum Gasteiger partial charge on any atom is 0.251 e. The fourth-order valence-electron chi connectivity index (χ4n) is 3.47. The Bertz CT molecular complexity index is 690. The maximum absolute atomic E-state index is 12.6. The van der Waals surface area contributed by atoms with Crippen LogP contribution in [0.4, 0.5) is 0 Å². The molecule has 1 unspecified atom stereocenters. The van der Waals surface area contributed by atoms with Crippen LogP contribution in [0.3, 0.4) is 0 Å². The third kappa shape index (κ3) is 3.68. The molecule has 3 heteroatoms. The molecule has 1 aliphatic heterocycles. The van der Waals surface area contributed by atoms with Gasteiger partial charge in [0.15, 0.2) is 0 Å². The molecule has 1 N–H and O–H groups in total. The summed E-state index contributed by atoms with van der Waals surface area (Å²) >= 11 is 0. The Morgan fingerprint density at radius 2 is 1.75 bits per heavy atom. The summed E-state index contributed by atoms with van der Waals surface area (Å²) in [5.74, 6) is 0.0244. The number of carbonyl (C=O) groups is 1. The molecule has 126 valence electrons. The van der Waals surface area contributed by atoms with Crippen molar-refractivity contribution in [3.8, 4) is 0 Å². The molecule has 0 radical (unpaired) electrons. The second-order valence-electron chi connectivity index (χ2n) is 6.63. The number of aryl methyl sites for hydroxylation is 1. The van der Waals surface area contributed by atoms with E-state index in [1.165, 1.54) is 18.4 Å². The van der Waals surface area contributed by atoms with Crippen LogP contribution in [-0.2, 0) is 0 Å². The number of carbonyl (C=O) groups excluding carboxylic acids is 1. The van der Waals surface area contributed by atoms with E-state index in [1.807, 2.05) is 38.1 Å². The van der Waals surface area contributed by atoms with Gasteiger partial charge in [-0.15, -0.1) is 0 Å². The van der Waals surface area contributed by atoms with E-state index in [2.05, 4.69) is 34.5 Å². The van der Waals surface area contributed by atoms with Crippen molar-refractivity contribution in [1.29, 1.82) is 0 Å². The summed E-state index contributed by atoms with van der Waals surface area (Å²) in [6.45, 7) is 6.93. The van der Waals surface area contributed by atoms with Gasteiger partial charge in [-0.2, -0.15) is 0 Å². The molecule has 0 aliphatic carbocycles. The number of benzene rings is 2. The van der Waals surface area contributed by atoms with Crippen LogP contribution < -0.4 is 5.32 Å². The molecule has 2 aromatic rings. The number of likely N-dealkylation sites (tertiary alicyclic amines) is 1. The van der Waals surface area contributed by atoms with Crippen molar-refractivity contribution < 1.29 is 4.79 Å². The molecule has 24 heavy (non-hydrogen) atoms. The standard InChI is InChI=1S/C21H26N2O/c1-16-9-8-12-19(17(16)2)21(24)22-15-20(23-13-6-7-14-23)18-10-4-3-5-11-18/h3-5,8-12,20H,6-7,13-15H2,1-2H3,(H,22,24). The minimum atomic E-state index is 0.0244. The van der Waals surface area contributed by atoms with E-state index < -0.39 is 0 Å². The number of nitrogens with one attached hydrogen (secondary N) is 1. The predicted octanol–water partition coefficient (Wildman–Crippen LogP) is 3.87. The smallest absolute Gasteiger partial charge is 0.251 e. The first-order valence-corrected chi connectivity index (χ1v) is 8.80. The van der Waals surface area contributed by atoms with Crippen LogP contribution >= 0.6 is 0 Å². The quantitative estimate of drug-likeness (QED) is 0.906. The van der Waals surface area contributed by atoms with Crippen LogP contribution in [-0.4, -0.2) is 30.4 Å². The summed E-state index contributed by atoms with van der Waals surface area (Å²) in [5.41, 5.74) is 4.28. The van der Waals surface area contributed by atoms with Crippen molar-refractivity contribution in [1.82, 2.24) is 10.2 Å². The van der Waals surface area contributed by atoms with Crippen molar-refractivity contribution in [2.75, 3.05) is 19.6 Å². The van der Waals surface area contributed by atoms with Crippen LogP contribution in [0.25, 0.3) is 0 Å². The largest absolute Gasteiger partial charge is 0.350 e. The zero-order chi connectivity index (χ0) is 16.9. The number of hydrogen-bond donors (Lipinski definition) is 1. The average Bonchev–Trinajstić information content (AvgIpc) is 3.12. The van der Waals surface area contributed by atoms with Gasteiger partial charge in [0.2, 0.25) is 0 Å². The monoisotopic (exact) mass is 322 g/mol. The molecular weight excluding hydrogens is 296 g/mol. The van der Waals surface area contributed by atoms with Crippen molar-refractivity contribution in [3.05, 3.63) is 70.8 Å². The highest BCUT2D eigenvalue weighted by atomic mass is 16.1. The number of amides is 1. The molecular formula is C21H26N2O. The lowest BCUT2D eigenvalue weighted by Gasteiger charge is -2.28. The summed E-state index contributed by atoms with van der Waals surface area (Å²) in [7, 11) is 0. The molecule has 1 atom stereocenters. The second kappa shape index (κ2) is 7.63. The van der Waals surface area contributed by atoms with E-state index in [1.54, 1.807) is 0 Å². The lowest BCUT2D eigenvalue weighted by Crippen LogP contribution is -2.37. The van der Waals surface area contributed by atoms with Gasteiger partial charge in [0.05, 0.1) is 6.04 Å². The van der Waals surface area contributed by atoms with E-state index in [-0.39, 0.29) is 11.9 Å². The Morgan fingerprint density at radius 1 is 1.04 bits per heavy atom. The molecule has 1 saturated heterocycles. The van der Waals surface area contributed by atoms with Gasteiger partial charge in [-0.25, -0.2) is 0 Å². The SMILES string of the molecule is Cc1cccc(C(=O)NCC(c2ccccc2)N2CCCC2)c1C. The van der Waals surface area contributed by atoms with E-state index in [0.29, 0.717) is 6.54 Å². The molecule has 1 amide bonds. The van der Waals surface area contributed by atoms with Gasteiger partial charge < -0.3 is 5.32 Å². The highest BCUT2D eigenvalue weighted by Crippen LogP contribution is 2.24. The van der Waals surface area contributed by atoms with Gasteiger partial charge >= 0.3 is 0 Å². The van der Waals surface area contributed by atoms with Crippen LogP contribution in [0.15, 0.2) is 48.5 Å². The fraction of sp³-hybridized carbons (Fsp3) is 0.381. The fourth-order valence-corrected chi connectivity index (χ4v) is 3.47. The molecule has 0 spiro atoms. The highest BCUT2D eigenvalue weighted by Gasteiger charge is 2.24. The first-order chi connectivity index (χ1) is 11.7. The molecule has 0 saturated carbocycles. The Morgan fingerprint density at radius 3 is 2.46 bits per heavy atom. The first kappa shape index (κ1) is 16.7. The van der Waals surface area contributed by atoms with Gasteiger partial charge in [0, 0.05) is 12.1 Å². The van der Waals surface area contributed by atoms with Crippen LogP contribution in [0.5, 0.6) is 0 Å². The molecule has 2 aromatic carbocycles. The summed E-state index contributed by atoms with van der Waals surface area (Å²) in [6.07, 6.45) is 2.49. The Labute approximate surface area is 144 Å². The Kier molecular flexibility index (Phi) is 5.31. The minimum absolute atomic E-state index is 0.0244. The summed E-state index contributed by atoms with van der Waals surface area (Å²) in [6, 6.07) is 16.7. The molecule has 0 bridgehead atoms. The van der Waals surface area contributed by atoms with Gasteiger partial charge in [0.25, 0.3) is 5.91 Å². The molecule has 1 fully saturated rings. The molecule has 3 nitrogen and oxygen atoms in total. The lowest BCUT2D eigenvalue weighted by molar-refractivity contribution is 0.0937. The minimum Gasteiger partial charge on any atom is -0.350 e. The zero-order valence-corrected chi connectivity index (χ0v) is 14.6. The molecule has 1 aliphatic rings. The summed E-state index contributed by atoms with van der Waals surface area (Å²) in [5, 5.41) is 3.16. The van der Waals surface area contributed by atoms with Crippen LogP contribution in [0, 0.1) is 13.8 Å². The first-order valence-electron chi connectivity index (χ1n) is 8.80. The lowest BCUT2D eigenvalue weighted by atomic mass is 10.0. The number of rotatable bonds is 5. The summed E-state index contributed by atoms with van der Waals surface area (Å²) < 4.78 is 0. The van der Waals surface area contributed by atoms with Crippen molar-refractivity contribution in [2.24, 2.45) is 0 Å². The summed E-state index contributed by atoms with van der Waals surface area (Å²) in [4.78, 5) is 15.1. The van der Waals surface area contributed by atoms with E-state index in [0.717, 1.165) is 29.8 Å². The number of nitrogens with zero attached hydrogens (tertiary/aromatic N) is 1. The third-order valence-electron chi connectivity index (χ3n) is 5.07. The van der Waals surface area contributed by atoms with Crippen molar-refractivity contribution >= 4 is 5.91 Å². The van der Waals surface area contributed by atoms with Crippen LogP contribution in [0.1, 0.15) is 45.9 Å². The van der Waals surface area contributed by atoms with Gasteiger partial charge in [-0.1, -0.05) is 42.5 Å². The zero-order valence-electron chi connectivity index (χ0n) is 14.6. The van der Waals surface area contributed by atoms with E-state index in [4.69, 9.17) is 0 Å². The van der Waals surface area contributed by atoms with Gasteiger partial charge in [-0.3, -0.25) is 9.69 Å². The van der Waals surface area contributed by atoms with Crippen LogP contribution in [0.2, 0.25) is 0 Å². The predicted molar refractivity (Wildman–Crippen MR) is 98.2 cm³/mol. The molecule has 3 rings (SSSR count). The average molecular weight is 322 g/mol. The topological polar surface area (TPSA) is 32.3 Å². The normalized spacial score (nSPS) is 16.1.